The fourth-order valence-electron chi connectivity index (χ4n) is 1.04. The van der Waals surface area contributed by atoms with Crippen LogP contribution in [0.5, 0.6) is 0 Å². The number of aryl methyl sites for hydroxylation is 1. The molecule has 1 heterocycles. The molecule has 0 radical (unpaired) electrons. The van der Waals surface area contributed by atoms with E-state index in [0.717, 1.165) is 5.56 Å². The molecule has 0 atom stereocenters. The first kappa shape index (κ1) is 11.5. The number of nitrogens with two attached hydrogens (primary N) is 1. The summed E-state index contributed by atoms with van der Waals surface area (Å²) in [6.07, 6.45) is 0.340. The maximum absolute atomic E-state index is 11.6. The van der Waals surface area contributed by atoms with Crippen molar-refractivity contribution in [3.63, 3.8) is 0 Å². The molecule has 1 amide bonds. The van der Waals surface area contributed by atoms with Crippen LogP contribution in [0.15, 0.2) is 16.6 Å². The number of rotatable bonds is 4. The van der Waals surface area contributed by atoms with E-state index < -0.39 is 0 Å². The van der Waals surface area contributed by atoms with Crippen molar-refractivity contribution in [3.8, 4) is 0 Å². The number of hydrogen-bond donors (Lipinski definition) is 3. The van der Waals surface area contributed by atoms with E-state index in [0.29, 0.717) is 17.8 Å². The first-order valence-corrected chi connectivity index (χ1v) is 5.32. The zero-order chi connectivity index (χ0) is 11.3. The summed E-state index contributed by atoms with van der Waals surface area (Å²) in [5, 5.41) is 15.7. The molecule has 82 valence electrons. The minimum atomic E-state index is -0.117. The standard InChI is InChI=1S/C9H13N3O2S/c1-6-3-5-15-8(6)9(13)11-4-2-7(10)12-14/h3,5,14H,2,4H2,1H3,(H2,10,12)(H,11,13). The van der Waals surface area contributed by atoms with Crippen LogP contribution in [-0.2, 0) is 0 Å². The van der Waals surface area contributed by atoms with Crippen LogP contribution in [0.4, 0.5) is 0 Å². The molecule has 0 aliphatic rings. The summed E-state index contributed by atoms with van der Waals surface area (Å²) >= 11 is 1.40. The Morgan fingerprint density at radius 2 is 2.47 bits per heavy atom. The second-order valence-corrected chi connectivity index (χ2v) is 3.95. The largest absolute Gasteiger partial charge is 0.409 e. The molecule has 0 saturated carbocycles. The first-order chi connectivity index (χ1) is 7.15. The average Bonchev–Trinajstić information content (AvgIpc) is 2.64. The minimum absolute atomic E-state index is 0.109. The van der Waals surface area contributed by atoms with Crippen molar-refractivity contribution in [1.29, 1.82) is 0 Å². The van der Waals surface area contributed by atoms with Crippen molar-refractivity contribution in [2.24, 2.45) is 10.9 Å². The van der Waals surface area contributed by atoms with Gasteiger partial charge in [-0.2, -0.15) is 0 Å². The molecule has 0 aliphatic heterocycles. The van der Waals surface area contributed by atoms with Crippen LogP contribution < -0.4 is 11.1 Å². The molecule has 0 aliphatic carbocycles. The Morgan fingerprint density at radius 1 is 1.73 bits per heavy atom. The van der Waals surface area contributed by atoms with E-state index in [1.54, 1.807) is 0 Å². The van der Waals surface area contributed by atoms with Crippen LogP contribution in [-0.4, -0.2) is 23.5 Å². The van der Waals surface area contributed by atoms with Gasteiger partial charge in [-0.05, 0) is 23.9 Å². The Morgan fingerprint density at radius 3 is 3.00 bits per heavy atom. The van der Waals surface area contributed by atoms with Crippen molar-refractivity contribution >= 4 is 23.1 Å². The summed E-state index contributed by atoms with van der Waals surface area (Å²) in [5.74, 6) is -0.00792. The Kier molecular flexibility index (Phi) is 4.11. The predicted molar refractivity (Wildman–Crippen MR) is 59.4 cm³/mol. The van der Waals surface area contributed by atoms with Crippen LogP contribution in [0, 0.1) is 6.92 Å². The van der Waals surface area contributed by atoms with Gasteiger partial charge in [0.25, 0.3) is 5.91 Å². The minimum Gasteiger partial charge on any atom is -0.409 e. The quantitative estimate of drug-likeness (QED) is 0.309. The van der Waals surface area contributed by atoms with Gasteiger partial charge in [-0.3, -0.25) is 4.79 Å². The second kappa shape index (κ2) is 5.35. The third-order valence-corrected chi connectivity index (χ3v) is 2.88. The van der Waals surface area contributed by atoms with E-state index in [2.05, 4.69) is 10.5 Å². The molecule has 0 fully saturated rings. The molecule has 6 heteroatoms. The lowest BCUT2D eigenvalue weighted by Gasteiger charge is -2.03. The van der Waals surface area contributed by atoms with Gasteiger partial charge in [0.1, 0.15) is 5.84 Å². The highest BCUT2D eigenvalue weighted by atomic mass is 32.1. The molecule has 0 saturated heterocycles. The highest BCUT2D eigenvalue weighted by molar-refractivity contribution is 7.12. The first-order valence-electron chi connectivity index (χ1n) is 4.44. The number of nitrogens with one attached hydrogen (secondary N) is 1. The summed E-state index contributed by atoms with van der Waals surface area (Å²) in [6, 6.07) is 1.89. The normalized spacial score (nSPS) is 11.4. The van der Waals surface area contributed by atoms with Gasteiger partial charge in [0.2, 0.25) is 0 Å². The van der Waals surface area contributed by atoms with Crippen molar-refractivity contribution in [2.75, 3.05) is 6.54 Å². The Hall–Kier alpha value is -1.56. The smallest absolute Gasteiger partial charge is 0.261 e. The molecular formula is C9H13N3O2S. The van der Waals surface area contributed by atoms with Crippen LogP contribution >= 0.6 is 11.3 Å². The fourth-order valence-corrected chi connectivity index (χ4v) is 1.88. The number of thiophene rings is 1. The van der Waals surface area contributed by atoms with Gasteiger partial charge in [0, 0.05) is 13.0 Å². The molecule has 4 N–H and O–H groups in total. The molecule has 0 bridgehead atoms. The molecule has 0 unspecified atom stereocenters. The van der Waals surface area contributed by atoms with E-state index in [-0.39, 0.29) is 11.7 Å². The lowest BCUT2D eigenvalue weighted by Crippen LogP contribution is -2.27. The van der Waals surface area contributed by atoms with Gasteiger partial charge in [0.05, 0.1) is 4.88 Å². The highest BCUT2D eigenvalue weighted by Crippen LogP contribution is 2.14. The number of hydrogen-bond acceptors (Lipinski definition) is 4. The van der Waals surface area contributed by atoms with Crippen LogP contribution in [0.1, 0.15) is 21.7 Å². The molecule has 0 aromatic carbocycles. The Bertz CT molecular complexity index is 373. The van der Waals surface area contributed by atoms with Gasteiger partial charge in [-0.15, -0.1) is 11.3 Å². The van der Waals surface area contributed by atoms with Crippen molar-refractivity contribution in [2.45, 2.75) is 13.3 Å². The van der Waals surface area contributed by atoms with Gasteiger partial charge >= 0.3 is 0 Å². The van der Waals surface area contributed by atoms with Crippen LogP contribution in [0.2, 0.25) is 0 Å². The van der Waals surface area contributed by atoms with Crippen molar-refractivity contribution in [1.82, 2.24) is 5.32 Å². The SMILES string of the molecule is Cc1ccsc1C(=O)NCCC(N)=NO. The Labute approximate surface area is 91.6 Å². The molecule has 1 aromatic heterocycles. The van der Waals surface area contributed by atoms with Gasteiger partial charge in [0.15, 0.2) is 0 Å². The summed E-state index contributed by atoms with van der Waals surface area (Å²) < 4.78 is 0. The van der Waals surface area contributed by atoms with E-state index in [1.165, 1.54) is 11.3 Å². The zero-order valence-corrected chi connectivity index (χ0v) is 9.17. The summed E-state index contributed by atoms with van der Waals surface area (Å²) in [7, 11) is 0. The molecular weight excluding hydrogens is 214 g/mol. The summed E-state index contributed by atoms with van der Waals surface area (Å²) in [6.45, 7) is 2.25. The molecule has 5 nitrogen and oxygen atoms in total. The van der Waals surface area contributed by atoms with Crippen LogP contribution in [0.3, 0.4) is 0 Å². The molecule has 15 heavy (non-hydrogen) atoms. The third-order valence-electron chi connectivity index (χ3n) is 1.86. The summed E-state index contributed by atoms with van der Waals surface area (Å²) in [5.41, 5.74) is 6.22. The number of nitrogens with zero attached hydrogens (tertiary/aromatic N) is 1. The monoisotopic (exact) mass is 227 g/mol. The number of carbonyl (C=O) groups is 1. The van der Waals surface area contributed by atoms with Crippen LogP contribution in [0.25, 0.3) is 0 Å². The number of amides is 1. The zero-order valence-electron chi connectivity index (χ0n) is 8.36. The van der Waals surface area contributed by atoms with Gasteiger partial charge in [-0.1, -0.05) is 5.16 Å². The Balaban J connectivity index is 2.41. The number of oxime groups is 1. The maximum Gasteiger partial charge on any atom is 0.261 e. The van der Waals surface area contributed by atoms with E-state index in [1.807, 2.05) is 18.4 Å². The van der Waals surface area contributed by atoms with E-state index in [9.17, 15) is 4.79 Å². The van der Waals surface area contributed by atoms with Crippen molar-refractivity contribution in [3.05, 3.63) is 21.9 Å². The second-order valence-electron chi connectivity index (χ2n) is 3.03. The van der Waals surface area contributed by atoms with E-state index >= 15 is 0 Å². The number of amidine groups is 1. The predicted octanol–water partition coefficient (Wildman–Crippen LogP) is 0.923. The number of carbonyl (C=O) groups excluding carboxylic acids is 1. The lowest BCUT2D eigenvalue weighted by atomic mass is 10.3. The highest BCUT2D eigenvalue weighted by Gasteiger charge is 2.09. The van der Waals surface area contributed by atoms with Gasteiger partial charge < -0.3 is 16.3 Å². The average molecular weight is 227 g/mol. The molecule has 1 aromatic rings. The van der Waals surface area contributed by atoms with Gasteiger partial charge in [-0.25, -0.2) is 0 Å². The maximum atomic E-state index is 11.6. The lowest BCUT2D eigenvalue weighted by molar-refractivity contribution is 0.0958. The topological polar surface area (TPSA) is 87.7 Å². The molecule has 0 spiro atoms. The third kappa shape index (κ3) is 3.25. The van der Waals surface area contributed by atoms with Crippen molar-refractivity contribution < 1.29 is 10.0 Å². The van der Waals surface area contributed by atoms with E-state index in [4.69, 9.17) is 10.9 Å². The summed E-state index contributed by atoms with van der Waals surface area (Å²) in [4.78, 5) is 12.3. The fraction of sp³-hybridized carbons (Fsp3) is 0.333. The molecule has 1 rings (SSSR count).